The molecule has 0 spiro atoms. The van der Waals surface area contributed by atoms with Gasteiger partial charge in [-0.25, -0.2) is 0 Å². The Morgan fingerprint density at radius 3 is 2.19 bits per heavy atom. The summed E-state index contributed by atoms with van der Waals surface area (Å²) >= 11 is 0. The maximum absolute atomic E-state index is 13.1. The number of amides is 2. The lowest BCUT2D eigenvalue weighted by molar-refractivity contribution is 0.0953. The molecule has 2 N–H and O–H groups in total. The van der Waals surface area contributed by atoms with Crippen molar-refractivity contribution >= 4 is 23.2 Å². The van der Waals surface area contributed by atoms with Gasteiger partial charge in [-0.2, -0.15) is 0 Å². The van der Waals surface area contributed by atoms with Crippen LogP contribution in [0.5, 0.6) is 0 Å². The normalized spacial score (nSPS) is 13.1. The van der Waals surface area contributed by atoms with Gasteiger partial charge in [0, 0.05) is 36.6 Å². The van der Waals surface area contributed by atoms with Gasteiger partial charge in [-0.1, -0.05) is 48.5 Å². The Labute approximate surface area is 183 Å². The quantitative estimate of drug-likeness (QED) is 0.599. The van der Waals surface area contributed by atoms with Gasteiger partial charge >= 0.3 is 0 Å². The topological polar surface area (TPSA) is 61.4 Å². The second-order valence-corrected chi connectivity index (χ2v) is 7.74. The highest BCUT2D eigenvalue weighted by Crippen LogP contribution is 2.28. The molecule has 0 bridgehead atoms. The number of benzene rings is 3. The number of nitrogens with one attached hydrogen (secondary N) is 2. The van der Waals surface area contributed by atoms with Gasteiger partial charge in [-0.3, -0.25) is 9.59 Å². The van der Waals surface area contributed by atoms with Crippen LogP contribution >= 0.6 is 0 Å². The smallest absolute Gasteiger partial charge is 0.255 e. The number of carbonyl (C=O) groups excluding carboxylic acids is 2. The third kappa shape index (κ3) is 5.31. The van der Waals surface area contributed by atoms with E-state index in [2.05, 4.69) is 27.7 Å². The molecule has 0 aliphatic carbocycles. The lowest BCUT2D eigenvalue weighted by Crippen LogP contribution is -2.29. The molecule has 4 rings (SSSR count). The van der Waals surface area contributed by atoms with Crippen LogP contribution in [0.1, 0.15) is 39.1 Å². The molecule has 0 radical (unpaired) electrons. The van der Waals surface area contributed by atoms with Crippen LogP contribution in [0.3, 0.4) is 0 Å². The maximum atomic E-state index is 13.1. The van der Waals surface area contributed by atoms with Crippen molar-refractivity contribution in [3.63, 3.8) is 0 Å². The standard InChI is InChI=1S/C26H27N3O2/c30-25(21-11-5-2-6-12-21)28-22-13-14-24(29-17-7-8-18-29)23(19-22)26(31)27-16-15-20-9-3-1-4-10-20/h1-6,9-14,19H,7-8,15-18H2,(H,27,31)(H,28,30). The molecule has 158 valence electrons. The van der Waals surface area contributed by atoms with Crippen molar-refractivity contribution in [2.24, 2.45) is 0 Å². The minimum absolute atomic E-state index is 0.117. The first-order chi connectivity index (χ1) is 15.2. The average Bonchev–Trinajstić information content (AvgIpc) is 3.35. The van der Waals surface area contributed by atoms with E-state index in [0.29, 0.717) is 23.4 Å². The van der Waals surface area contributed by atoms with Crippen molar-refractivity contribution in [2.75, 3.05) is 29.9 Å². The molecule has 5 heteroatoms. The Balaban J connectivity index is 1.50. The molecule has 5 nitrogen and oxygen atoms in total. The molecule has 0 unspecified atom stereocenters. The second-order valence-electron chi connectivity index (χ2n) is 7.74. The Bertz CT molecular complexity index is 1030. The molecule has 1 saturated heterocycles. The van der Waals surface area contributed by atoms with Crippen LogP contribution in [0.25, 0.3) is 0 Å². The van der Waals surface area contributed by atoms with Crippen LogP contribution in [0.4, 0.5) is 11.4 Å². The predicted octanol–water partition coefficient (Wildman–Crippen LogP) is 4.51. The van der Waals surface area contributed by atoms with E-state index in [1.807, 2.05) is 48.5 Å². The molecule has 0 atom stereocenters. The average molecular weight is 414 g/mol. The van der Waals surface area contributed by atoms with E-state index in [0.717, 1.165) is 38.0 Å². The van der Waals surface area contributed by atoms with Crippen LogP contribution in [-0.4, -0.2) is 31.4 Å². The molecular weight excluding hydrogens is 386 g/mol. The molecule has 2 amide bonds. The van der Waals surface area contributed by atoms with Crippen LogP contribution in [0.15, 0.2) is 78.9 Å². The number of anilines is 2. The van der Waals surface area contributed by atoms with E-state index in [9.17, 15) is 9.59 Å². The first-order valence-electron chi connectivity index (χ1n) is 10.8. The number of nitrogens with zero attached hydrogens (tertiary/aromatic N) is 1. The van der Waals surface area contributed by atoms with Gasteiger partial charge in [0.1, 0.15) is 0 Å². The lowest BCUT2D eigenvalue weighted by Gasteiger charge is -2.22. The second kappa shape index (κ2) is 9.94. The van der Waals surface area contributed by atoms with Crippen LogP contribution in [-0.2, 0) is 6.42 Å². The fraction of sp³-hybridized carbons (Fsp3) is 0.231. The lowest BCUT2D eigenvalue weighted by atomic mass is 10.1. The molecule has 0 aromatic heterocycles. The molecule has 1 aliphatic rings. The summed E-state index contributed by atoms with van der Waals surface area (Å²) in [4.78, 5) is 27.9. The van der Waals surface area contributed by atoms with E-state index < -0.39 is 0 Å². The van der Waals surface area contributed by atoms with Crippen molar-refractivity contribution in [1.29, 1.82) is 0 Å². The number of carbonyl (C=O) groups is 2. The first kappa shape index (κ1) is 20.7. The monoisotopic (exact) mass is 413 g/mol. The SMILES string of the molecule is O=C(Nc1ccc(N2CCCC2)c(C(=O)NCCc2ccccc2)c1)c1ccccc1. The van der Waals surface area contributed by atoms with E-state index in [1.165, 1.54) is 5.56 Å². The Morgan fingerprint density at radius 1 is 0.806 bits per heavy atom. The van der Waals surface area contributed by atoms with Crippen LogP contribution in [0.2, 0.25) is 0 Å². The predicted molar refractivity (Wildman–Crippen MR) is 125 cm³/mol. The highest BCUT2D eigenvalue weighted by molar-refractivity contribution is 6.06. The van der Waals surface area contributed by atoms with Gasteiger partial charge < -0.3 is 15.5 Å². The van der Waals surface area contributed by atoms with E-state index >= 15 is 0 Å². The summed E-state index contributed by atoms with van der Waals surface area (Å²) in [5.74, 6) is -0.307. The van der Waals surface area contributed by atoms with Gasteiger partial charge in [0.2, 0.25) is 0 Å². The summed E-state index contributed by atoms with van der Waals surface area (Å²) in [6, 6.07) is 24.8. The van der Waals surface area contributed by atoms with Crippen LogP contribution in [0, 0.1) is 0 Å². The van der Waals surface area contributed by atoms with Crippen molar-refractivity contribution in [2.45, 2.75) is 19.3 Å². The van der Waals surface area contributed by atoms with Gasteiger partial charge in [0.15, 0.2) is 0 Å². The number of hydrogen-bond donors (Lipinski definition) is 2. The zero-order valence-electron chi connectivity index (χ0n) is 17.5. The van der Waals surface area contributed by atoms with Crippen molar-refractivity contribution in [3.8, 4) is 0 Å². The Morgan fingerprint density at radius 2 is 1.48 bits per heavy atom. The largest absolute Gasteiger partial charge is 0.371 e. The fourth-order valence-electron chi connectivity index (χ4n) is 3.88. The van der Waals surface area contributed by atoms with Crippen molar-refractivity contribution < 1.29 is 9.59 Å². The van der Waals surface area contributed by atoms with Gasteiger partial charge in [-0.05, 0) is 55.2 Å². The maximum Gasteiger partial charge on any atom is 0.255 e. The van der Waals surface area contributed by atoms with Gasteiger partial charge in [-0.15, -0.1) is 0 Å². The summed E-state index contributed by atoms with van der Waals surface area (Å²) in [5.41, 5.74) is 3.91. The van der Waals surface area contributed by atoms with E-state index in [1.54, 1.807) is 18.2 Å². The molecule has 31 heavy (non-hydrogen) atoms. The molecule has 1 fully saturated rings. The van der Waals surface area contributed by atoms with Gasteiger partial charge in [0.05, 0.1) is 5.56 Å². The first-order valence-corrected chi connectivity index (χ1v) is 10.8. The Hall–Kier alpha value is -3.60. The highest BCUT2D eigenvalue weighted by atomic mass is 16.2. The number of hydrogen-bond acceptors (Lipinski definition) is 3. The van der Waals surface area contributed by atoms with Crippen molar-refractivity contribution in [3.05, 3.63) is 95.6 Å². The Kier molecular flexibility index (Phi) is 6.62. The molecule has 1 aliphatic heterocycles. The summed E-state index contributed by atoms with van der Waals surface area (Å²) in [7, 11) is 0. The zero-order valence-corrected chi connectivity index (χ0v) is 17.5. The summed E-state index contributed by atoms with van der Waals surface area (Å²) < 4.78 is 0. The van der Waals surface area contributed by atoms with Crippen LogP contribution < -0.4 is 15.5 Å². The third-order valence-electron chi connectivity index (χ3n) is 5.52. The molecule has 0 saturated carbocycles. The zero-order chi connectivity index (χ0) is 21.5. The fourth-order valence-corrected chi connectivity index (χ4v) is 3.88. The summed E-state index contributed by atoms with van der Waals surface area (Å²) in [6.07, 6.45) is 3.03. The highest BCUT2D eigenvalue weighted by Gasteiger charge is 2.20. The van der Waals surface area contributed by atoms with E-state index in [4.69, 9.17) is 0 Å². The van der Waals surface area contributed by atoms with E-state index in [-0.39, 0.29) is 11.8 Å². The molecule has 3 aromatic rings. The summed E-state index contributed by atoms with van der Waals surface area (Å²) in [6.45, 7) is 2.45. The third-order valence-corrected chi connectivity index (χ3v) is 5.52. The minimum atomic E-state index is -0.190. The molecule has 3 aromatic carbocycles. The minimum Gasteiger partial charge on any atom is -0.371 e. The van der Waals surface area contributed by atoms with Crippen molar-refractivity contribution in [1.82, 2.24) is 5.32 Å². The van der Waals surface area contributed by atoms with Gasteiger partial charge in [0.25, 0.3) is 11.8 Å². The summed E-state index contributed by atoms with van der Waals surface area (Å²) in [5, 5.41) is 5.96. The number of rotatable bonds is 7. The molecule has 1 heterocycles. The molecular formula is C26H27N3O2.